The van der Waals surface area contributed by atoms with E-state index in [-0.39, 0.29) is 5.70 Å². The molecule has 0 saturated heterocycles. The van der Waals surface area contributed by atoms with Crippen LogP contribution in [0, 0.1) is 0 Å². The predicted molar refractivity (Wildman–Crippen MR) is 132 cm³/mol. The van der Waals surface area contributed by atoms with Crippen LogP contribution in [0.25, 0.3) is 12.2 Å². The molecule has 2 amide bonds. The molecule has 6 nitrogen and oxygen atoms in total. The summed E-state index contributed by atoms with van der Waals surface area (Å²) in [5, 5.41) is 6.81. The average molecular weight is 440 g/mol. The Bertz CT molecular complexity index is 1170. The van der Waals surface area contributed by atoms with Gasteiger partial charge in [-0.1, -0.05) is 66.7 Å². The topological polar surface area (TPSA) is 79.8 Å². The Morgan fingerprint density at radius 3 is 2.12 bits per heavy atom. The normalized spacial score (nSPS) is 11.8. The summed E-state index contributed by atoms with van der Waals surface area (Å²) in [5.74, 6) is -0.241. The number of allylic oxidation sites excluding steroid dienone is 1. The third kappa shape index (κ3) is 7.33. The first-order valence-corrected chi connectivity index (χ1v) is 10.3. The van der Waals surface area contributed by atoms with Gasteiger partial charge < -0.3 is 10.1 Å². The minimum atomic E-state index is -0.539. The number of amides is 2. The molecule has 0 radical (unpaired) electrons. The summed E-state index contributed by atoms with van der Waals surface area (Å²) in [6.07, 6.45) is 5.28. The summed E-state index contributed by atoms with van der Waals surface area (Å²) in [5.41, 5.74) is 5.36. The summed E-state index contributed by atoms with van der Waals surface area (Å²) in [6, 6.07) is 25.6. The number of nitrogens with zero attached hydrogens (tertiary/aromatic N) is 1. The van der Waals surface area contributed by atoms with Crippen molar-refractivity contribution < 1.29 is 14.3 Å². The van der Waals surface area contributed by atoms with Crippen molar-refractivity contribution in [3.05, 3.63) is 113 Å². The number of hydrogen-bond donors (Lipinski definition) is 2. The molecule has 6 heteroatoms. The van der Waals surface area contributed by atoms with Crippen molar-refractivity contribution in [3.63, 3.8) is 0 Å². The average Bonchev–Trinajstić information content (AvgIpc) is 2.87. The maximum Gasteiger partial charge on any atom is 0.287 e. The highest BCUT2D eigenvalue weighted by molar-refractivity contribution is 6.06. The molecule has 2 N–H and O–H groups in total. The van der Waals surface area contributed by atoms with Crippen LogP contribution >= 0.6 is 0 Å². The van der Waals surface area contributed by atoms with Gasteiger partial charge in [-0.15, -0.1) is 0 Å². The monoisotopic (exact) mass is 439 g/mol. The fraction of sp³-hybridized carbons (Fsp3) is 0.0741. The largest absolute Gasteiger partial charge is 0.497 e. The fourth-order valence-electron chi connectivity index (χ4n) is 2.83. The minimum Gasteiger partial charge on any atom is -0.497 e. The molecule has 0 atom stereocenters. The van der Waals surface area contributed by atoms with E-state index >= 15 is 0 Å². The zero-order chi connectivity index (χ0) is 23.5. The van der Waals surface area contributed by atoms with Crippen molar-refractivity contribution in [1.82, 2.24) is 10.7 Å². The molecule has 0 aliphatic rings. The molecule has 0 saturated carbocycles. The second-order valence-corrected chi connectivity index (χ2v) is 7.09. The lowest BCUT2D eigenvalue weighted by Gasteiger charge is -2.10. The molecular weight excluding hydrogens is 414 g/mol. The highest BCUT2D eigenvalue weighted by Gasteiger charge is 2.14. The third-order valence-electron chi connectivity index (χ3n) is 4.61. The summed E-state index contributed by atoms with van der Waals surface area (Å²) in [7, 11) is 1.58. The summed E-state index contributed by atoms with van der Waals surface area (Å²) >= 11 is 0. The standard InChI is InChI=1S/C27H25N3O3/c1-20(13-14-21-9-5-3-6-10-21)29-30-27(32)25(19-22-15-17-24(33-2)18-16-22)28-26(31)23-11-7-4-8-12-23/h3-19H,1-2H3,(H,28,31)(H,30,32)/b14-13+,25-19-,29-20-. The Hall–Kier alpha value is -4.45. The molecular formula is C27H25N3O3. The number of carbonyl (C=O) groups is 2. The summed E-state index contributed by atoms with van der Waals surface area (Å²) < 4.78 is 5.17. The van der Waals surface area contributed by atoms with Crippen molar-refractivity contribution in [2.24, 2.45) is 5.10 Å². The molecule has 3 rings (SSSR count). The number of carbonyl (C=O) groups excluding carboxylic acids is 2. The Kier molecular flexibility index (Phi) is 8.31. The lowest BCUT2D eigenvalue weighted by molar-refractivity contribution is -0.117. The van der Waals surface area contributed by atoms with E-state index in [9.17, 15) is 9.59 Å². The quantitative estimate of drug-likeness (QED) is 0.304. The molecule has 0 aliphatic heterocycles. The van der Waals surface area contributed by atoms with Gasteiger partial charge in [-0.2, -0.15) is 5.10 Å². The van der Waals surface area contributed by atoms with E-state index in [1.807, 2.05) is 42.5 Å². The number of hydrazone groups is 1. The van der Waals surface area contributed by atoms with E-state index in [0.29, 0.717) is 17.0 Å². The van der Waals surface area contributed by atoms with Crippen LogP contribution in [-0.2, 0) is 4.79 Å². The van der Waals surface area contributed by atoms with Gasteiger partial charge in [0.2, 0.25) is 0 Å². The molecule has 0 spiro atoms. The Labute approximate surface area is 193 Å². The van der Waals surface area contributed by atoms with Gasteiger partial charge in [-0.3, -0.25) is 9.59 Å². The number of ether oxygens (including phenoxy) is 1. The molecule has 0 unspecified atom stereocenters. The van der Waals surface area contributed by atoms with Crippen LogP contribution in [0.15, 0.2) is 102 Å². The molecule has 0 fully saturated rings. The smallest absolute Gasteiger partial charge is 0.287 e. The van der Waals surface area contributed by atoms with Gasteiger partial charge in [0.15, 0.2) is 0 Å². The summed E-state index contributed by atoms with van der Waals surface area (Å²) in [6.45, 7) is 1.77. The first-order chi connectivity index (χ1) is 16.0. The van der Waals surface area contributed by atoms with Crippen molar-refractivity contribution in [2.75, 3.05) is 7.11 Å². The number of methoxy groups -OCH3 is 1. The van der Waals surface area contributed by atoms with Crippen LogP contribution in [0.5, 0.6) is 5.75 Å². The van der Waals surface area contributed by atoms with Gasteiger partial charge >= 0.3 is 0 Å². The van der Waals surface area contributed by atoms with E-state index in [0.717, 1.165) is 11.1 Å². The molecule has 166 valence electrons. The molecule has 0 bridgehead atoms. The SMILES string of the molecule is COc1ccc(/C=C(\NC(=O)c2ccccc2)C(=O)N/N=C(C)\C=C\c2ccccc2)cc1. The van der Waals surface area contributed by atoms with Crippen molar-refractivity contribution in [1.29, 1.82) is 0 Å². The Morgan fingerprint density at radius 2 is 1.48 bits per heavy atom. The van der Waals surface area contributed by atoms with Crippen molar-refractivity contribution in [3.8, 4) is 5.75 Å². The minimum absolute atomic E-state index is 0.0672. The zero-order valence-corrected chi connectivity index (χ0v) is 18.5. The van der Waals surface area contributed by atoms with Crippen LogP contribution in [-0.4, -0.2) is 24.6 Å². The molecule has 0 aliphatic carbocycles. The highest BCUT2D eigenvalue weighted by Crippen LogP contribution is 2.14. The van der Waals surface area contributed by atoms with Gasteiger partial charge in [-0.05, 0) is 54.5 Å². The predicted octanol–water partition coefficient (Wildman–Crippen LogP) is 4.67. The lowest BCUT2D eigenvalue weighted by atomic mass is 10.1. The van der Waals surface area contributed by atoms with Crippen LogP contribution in [0.3, 0.4) is 0 Å². The van der Waals surface area contributed by atoms with Gasteiger partial charge in [0.05, 0.1) is 12.8 Å². The number of benzene rings is 3. The van der Waals surface area contributed by atoms with Crippen LogP contribution in [0.2, 0.25) is 0 Å². The fourth-order valence-corrected chi connectivity index (χ4v) is 2.83. The molecule has 0 aromatic heterocycles. The van der Waals surface area contributed by atoms with E-state index in [1.165, 1.54) is 0 Å². The Balaban J connectivity index is 1.78. The van der Waals surface area contributed by atoms with E-state index in [4.69, 9.17) is 4.74 Å². The van der Waals surface area contributed by atoms with Gasteiger partial charge in [-0.25, -0.2) is 5.43 Å². The van der Waals surface area contributed by atoms with Crippen LogP contribution in [0.4, 0.5) is 0 Å². The molecule has 33 heavy (non-hydrogen) atoms. The number of hydrogen-bond acceptors (Lipinski definition) is 4. The maximum atomic E-state index is 12.9. The first-order valence-electron chi connectivity index (χ1n) is 10.3. The maximum absolute atomic E-state index is 12.9. The van der Waals surface area contributed by atoms with Gasteiger partial charge in [0, 0.05) is 5.56 Å². The highest BCUT2D eigenvalue weighted by atomic mass is 16.5. The Morgan fingerprint density at radius 1 is 0.848 bits per heavy atom. The zero-order valence-electron chi connectivity index (χ0n) is 18.5. The third-order valence-corrected chi connectivity index (χ3v) is 4.61. The van der Waals surface area contributed by atoms with E-state index < -0.39 is 11.8 Å². The second-order valence-electron chi connectivity index (χ2n) is 7.09. The van der Waals surface area contributed by atoms with Crippen LogP contribution in [0.1, 0.15) is 28.4 Å². The lowest BCUT2D eigenvalue weighted by Crippen LogP contribution is -2.33. The van der Waals surface area contributed by atoms with E-state index in [1.54, 1.807) is 74.7 Å². The van der Waals surface area contributed by atoms with E-state index in [2.05, 4.69) is 15.8 Å². The molecule has 3 aromatic carbocycles. The molecule has 3 aromatic rings. The van der Waals surface area contributed by atoms with Gasteiger partial charge in [0.25, 0.3) is 11.8 Å². The summed E-state index contributed by atoms with van der Waals surface area (Å²) in [4.78, 5) is 25.5. The van der Waals surface area contributed by atoms with Crippen molar-refractivity contribution >= 4 is 29.7 Å². The first kappa shape index (κ1) is 23.2. The number of rotatable bonds is 8. The molecule has 0 heterocycles. The van der Waals surface area contributed by atoms with Crippen molar-refractivity contribution in [2.45, 2.75) is 6.92 Å². The number of nitrogens with one attached hydrogen (secondary N) is 2. The second kappa shape index (κ2) is 11.8. The van der Waals surface area contributed by atoms with Crippen LogP contribution < -0.4 is 15.5 Å². The van der Waals surface area contributed by atoms with Gasteiger partial charge in [0.1, 0.15) is 11.4 Å².